The van der Waals surface area contributed by atoms with E-state index in [0.717, 1.165) is 34.4 Å². The molecule has 162 valence electrons. The van der Waals surface area contributed by atoms with Crippen molar-refractivity contribution in [1.82, 2.24) is 0 Å². The van der Waals surface area contributed by atoms with E-state index in [0.29, 0.717) is 10.6 Å². The van der Waals surface area contributed by atoms with Gasteiger partial charge < -0.3 is 15.2 Å². The van der Waals surface area contributed by atoms with Crippen LogP contribution in [0.25, 0.3) is 11.1 Å². The third-order valence-corrected chi connectivity index (χ3v) is 7.41. The molecule has 2 bridgehead atoms. The maximum absolute atomic E-state index is 13.3. The fourth-order valence-corrected chi connectivity index (χ4v) is 5.95. The van der Waals surface area contributed by atoms with Gasteiger partial charge in [-0.15, -0.1) is 11.3 Å². The van der Waals surface area contributed by atoms with E-state index in [1.807, 2.05) is 50.3 Å². The molecule has 1 aromatic heterocycles. The maximum Gasteiger partial charge on any atom is 0.341 e. The van der Waals surface area contributed by atoms with Gasteiger partial charge >= 0.3 is 11.9 Å². The van der Waals surface area contributed by atoms with E-state index in [1.54, 1.807) is 0 Å². The molecular weight excluding hydrogens is 414 g/mol. The van der Waals surface area contributed by atoms with Crippen LogP contribution in [0.3, 0.4) is 0 Å². The Morgan fingerprint density at radius 2 is 1.65 bits per heavy atom. The van der Waals surface area contributed by atoms with Crippen LogP contribution in [0.1, 0.15) is 33.6 Å². The molecule has 5 rings (SSSR count). The molecular formula is C24H25NO5S. The standard InChI is InChI=1S/C24H25NO5S/c1-12-4-6-14(7-5-12)17-13(2)31-22(20(17)24(29)30-3)25-21(26)18-15-8-10-16(11-9-15)19(18)23(27)28/h4-8,10,15-16,18-19H,9,11H2,1-3H3,(H,25,26)(H,27,28)/t15-,16+,18+,19+/m1/s1. The lowest BCUT2D eigenvalue weighted by Gasteiger charge is -2.41. The number of aryl methyl sites for hydroxylation is 2. The lowest BCUT2D eigenvalue weighted by Crippen LogP contribution is -2.47. The third-order valence-electron chi connectivity index (χ3n) is 6.39. The van der Waals surface area contributed by atoms with Gasteiger partial charge in [-0.25, -0.2) is 4.79 Å². The summed E-state index contributed by atoms with van der Waals surface area (Å²) >= 11 is 1.31. The Balaban J connectivity index is 1.71. The smallest absolute Gasteiger partial charge is 0.341 e. The number of aliphatic carboxylic acids is 1. The number of ether oxygens (including phenoxy) is 1. The Hall–Kier alpha value is -2.93. The minimum absolute atomic E-state index is 0.106. The minimum atomic E-state index is -0.949. The summed E-state index contributed by atoms with van der Waals surface area (Å²) in [6.45, 7) is 3.88. The number of benzene rings is 1. The molecule has 1 saturated carbocycles. The first-order chi connectivity index (χ1) is 14.8. The van der Waals surface area contributed by atoms with Gasteiger partial charge in [0.2, 0.25) is 5.91 Å². The molecule has 0 unspecified atom stereocenters. The summed E-state index contributed by atoms with van der Waals surface area (Å²) in [6.07, 6.45) is 5.48. The molecule has 1 amide bonds. The number of amides is 1. The fourth-order valence-electron chi connectivity index (χ4n) is 4.88. The predicted molar refractivity (Wildman–Crippen MR) is 119 cm³/mol. The molecule has 4 atom stereocenters. The molecule has 0 saturated heterocycles. The Morgan fingerprint density at radius 1 is 1.03 bits per heavy atom. The van der Waals surface area contributed by atoms with E-state index >= 15 is 0 Å². The molecule has 3 aliphatic carbocycles. The highest BCUT2D eigenvalue weighted by atomic mass is 32.1. The lowest BCUT2D eigenvalue weighted by atomic mass is 9.62. The molecule has 3 aliphatic rings. The van der Waals surface area contributed by atoms with Crippen LogP contribution in [-0.4, -0.2) is 30.1 Å². The zero-order chi connectivity index (χ0) is 22.3. The van der Waals surface area contributed by atoms with Crippen LogP contribution in [0, 0.1) is 37.5 Å². The quantitative estimate of drug-likeness (QED) is 0.522. The molecule has 6 nitrogen and oxygen atoms in total. The first kappa shape index (κ1) is 21.3. The van der Waals surface area contributed by atoms with Gasteiger partial charge in [-0.2, -0.15) is 0 Å². The minimum Gasteiger partial charge on any atom is -0.481 e. The number of hydrogen-bond donors (Lipinski definition) is 2. The number of hydrogen-bond acceptors (Lipinski definition) is 5. The summed E-state index contributed by atoms with van der Waals surface area (Å²) in [7, 11) is 1.31. The molecule has 7 heteroatoms. The van der Waals surface area contributed by atoms with Crippen LogP contribution in [0.4, 0.5) is 5.00 Å². The molecule has 31 heavy (non-hydrogen) atoms. The average Bonchev–Trinajstić information content (AvgIpc) is 3.09. The fraction of sp³-hybridized carbons (Fsp3) is 0.375. The second-order valence-corrected chi connectivity index (χ2v) is 9.49. The molecule has 1 heterocycles. The van der Waals surface area contributed by atoms with Crippen molar-refractivity contribution in [3.63, 3.8) is 0 Å². The number of rotatable bonds is 5. The number of nitrogens with one attached hydrogen (secondary N) is 1. The first-order valence-electron chi connectivity index (χ1n) is 10.3. The SMILES string of the molecule is COC(=O)c1c(NC(=O)[C@@H]2[C@@H](C(=O)O)[C@H]3C=C[C@@H]2CC3)sc(C)c1-c1ccc(C)cc1. The number of carbonyl (C=O) groups is 3. The van der Waals surface area contributed by atoms with Crippen molar-refractivity contribution in [3.05, 3.63) is 52.4 Å². The predicted octanol–water partition coefficient (Wildman–Crippen LogP) is 4.67. The van der Waals surface area contributed by atoms with Gasteiger partial charge in [-0.3, -0.25) is 9.59 Å². The van der Waals surface area contributed by atoms with Crippen LogP contribution >= 0.6 is 11.3 Å². The Labute approximate surface area is 184 Å². The number of fused-ring (bicyclic) bond motifs is 2. The van der Waals surface area contributed by atoms with Gasteiger partial charge in [0, 0.05) is 10.4 Å². The topological polar surface area (TPSA) is 92.7 Å². The zero-order valence-corrected chi connectivity index (χ0v) is 18.5. The third kappa shape index (κ3) is 3.78. The number of carboxylic acid groups (broad SMARTS) is 1. The van der Waals surface area contributed by atoms with Crippen LogP contribution in [0.5, 0.6) is 0 Å². The number of esters is 1. The highest BCUT2D eigenvalue weighted by Crippen LogP contribution is 2.46. The first-order valence-corrected chi connectivity index (χ1v) is 11.1. The monoisotopic (exact) mass is 439 g/mol. The molecule has 1 fully saturated rings. The van der Waals surface area contributed by atoms with Crippen molar-refractivity contribution in [3.8, 4) is 11.1 Å². The zero-order valence-electron chi connectivity index (χ0n) is 17.7. The van der Waals surface area contributed by atoms with Gasteiger partial charge in [0.1, 0.15) is 10.6 Å². The summed E-state index contributed by atoms with van der Waals surface area (Å²) in [6, 6.07) is 7.81. The normalized spacial score (nSPS) is 24.1. The van der Waals surface area contributed by atoms with E-state index in [-0.39, 0.29) is 17.7 Å². The Bertz CT molecular complexity index is 1070. The number of methoxy groups -OCH3 is 1. The summed E-state index contributed by atoms with van der Waals surface area (Å²) in [5, 5.41) is 13.1. The average molecular weight is 440 g/mol. The van der Waals surface area contributed by atoms with Gasteiger partial charge in [-0.05, 0) is 44.1 Å². The van der Waals surface area contributed by atoms with Gasteiger partial charge in [0.25, 0.3) is 0 Å². The summed E-state index contributed by atoms with van der Waals surface area (Å²) in [5.74, 6) is -3.48. The molecule has 0 spiro atoms. The van der Waals surface area contributed by atoms with E-state index in [1.165, 1.54) is 18.4 Å². The molecule has 1 aromatic carbocycles. The van der Waals surface area contributed by atoms with Crippen molar-refractivity contribution in [1.29, 1.82) is 0 Å². The maximum atomic E-state index is 13.3. The number of carbonyl (C=O) groups excluding carboxylic acids is 2. The van der Waals surface area contributed by atoms with Crippen LogP contribution in [-0.2, 0) is 14.3 Å². The van der Waals surface area contributed by atoms with Crippen LogP contribution in [0.15, 0.2) is 36.4 Å². The van der Waals surface area contributed by atoms with Crippen LogP contribution < -0.4 is 5.32 Å². The summed E-state index contributed by atoms with van der Waals surface area (Å²) in [4.78, 5) is 38.8. The van der Waals surface area contributed by atoms with Gasteiger partial charge in [-0.1, -0.05) is 42.0 Å². The van der Waals surface area contributed by atoms with Gasteiger partial charge in [0.15, 0.2) is 0 Å². The second-order valence-electron chi connectivity index (χ2n) is 8.26. The van der Waals surface area contributed by atoms with Crippen molar-refractivity contribution >= 4 is 34.2 Å². The highest BCUT2D eigenvalue weighted by molar-refractivity contribution is 7.17. The molecule has 2 aromatic rings. The van der Waals surface area contributed by atoms with Crippen LogP contribution in [0.2, 0.25) is 0 Å². The van der Waals surface area contributed by atoms with E-state index < -0.39 is 23.8 Å². The summed E-state index contributed by atoms with van der Waals surface area (Å²) < 4.78 is 5.02. The van der Waals surface area contributed by atoms with Crippen molar-refractivity contribution in [2.75, 3.05) is 12.4 Å². The van der Waals surface area contributed by atoms with Crippen molar-refractivity contribution in [2.24, 2.45) is 23.7 Å². The molecule has 2 N–H and O–H groups in total. The Morgan fingerprint density at radius 3 is 2.19 bits per heavy atom. The molecule has 0 aliphatic heterocycles. The second kappa shape index (κ2) is 8.30. The lowest BCUT2D eigenvalue weighted by molar-refractivity contribution is -0.151. The van der Waals surface area contributed by atoms with E-state index in [9.17, 15) is 19.5 Å². The highest BCUT2D eigenvalue weighted by Gasteiger charge is 2.48. The molecule has 0 radical (unpaired) electrons. The number of allylic oxidation sites excluding steroid dienone is 2. The van der Waals surface area contributed by atoms with E-state index in [4.69, 9.17) is 4.74 Å². The van der Waals surface area contributed by atoms with Crippen molar-refractivity contribution in [2.45, 2.75) is 26.7 Å². The Kier molecular flexibility index (Phi) is 5.71. The van der Waals surface area contributed by atoms with Crippen molar-refractivity contribution < 1.29 is 24.2 Å². The van der Waals surface area contributed by atoms with E-state index in [2.05, 4.69) is 5.32 Å². The number of anilines is 1. The number of carboxylic acids is 1. The number of thiophene rings is 1. The largest absolute Gasteiger partial charge is 0.481 e. The summed E-state index contributed by atoms with van der Waals surface area (Å²) in [5.41, 5.74) is 3.01. The van der Waals surface area contributed by atoms with Gasteiger partial charge in [0.05, 0.1) is 18.9 Å².